The minimum absolute atomic E-state index is 0.0699. The van der Waals surface area contributed by atoms with Gasteiger partial charge in [-0.05, 0) is 42.9 Å². The van der Waals surface area contributed by atoms with Gasteiger partial charge < -0.3 is 5.11 Å². The fourth-order valence-electron chi connectivity index (χ4n) is 6.78. The summed E-state index contributed by atoms with van der Waals surface area (Å²) in [5.41, 5.74) is -0.197. The second-order valence-corrected chi connectivity index (χ2v) is 8.93. The van der Waals surface area contributed by atoms with Gasteiger partial charge in [0, 0.05) is 30.1 Å². The van der Waals surface area contributed by atoms with Crippen molar-refractivity contribution in [3.63, 3.8) is 0 Å². The summed E-state index contributed by atoms with van der Waals surface area (Å²) in [6.07, 6.45) is 7.15. The first-order chi connectivity index (χ1) is 10.4. The monoisotopic (exact) mass is 304 g/mol. The zero-order valence-electron chi connectivity index (χ0n) is 13.8. The average molecular weight is 304 g/mol. The molecule has 22 heavy (non-hydrogen) atoms. The van der Waals surface area contributed by atoms with E-state index in [0.717, 1.165) is 12.8 Å². The fourth-order valence-corrected chi connectivity index (χ4v) is 6.78. The third-order valence-electron chi connectivity index (χ3n) is 8.09. The normalized spacial score (nSPS) is 54.6. The smallest absolute Gasteiger partial charge is 0.141 e. The number of hydrogen-bond acceptors (Lipinski definition) is 3. The van der Waals surface area contributed by atoms with Crippen molar-refractivity contribution in [2.24, 2.45) is 34.5 Å². The van der Waals surface area contributed by atoms with Crippen molar-refractivity contribution in [1.82, 2.24) is 0 Å². The number of fused-ring (bicyclic) bond motifs is 5. The molecule has 4 aliphatic carbocycles. The van der Waals surface area contributed by atoms with E-state index in [1.54, 1.807) is 0 Å². The zero-order chi connectivity index (χ0) is 15.7. The van der Waals surface area contributed by atoms with Crippen molar-refractivity contribution in [3.05, 3.63) is 0 Å². The van der Waals surface area contributed by atoms with Crippen molar-refractivity contribution in [1.29, 1.82) is 0 Å². The maximum atomic E-state index is 12.9. The molecule has 1 N–H and O–H groups in total. The maximum Gasteiger partial charge on any atom is 0.141 e. The Bertz CT molecular complexity index is 527. The molecule has 7 atom stereocenters. The number of aliphatic hydroxyl groups is 1. The molecule has 0 aromatic rings. The molecule has 3 heteroatoms. The zero-order valence-corrected chi connectivity index (χ0v) is 13.8. The molecule has 0 aliphatic heterocycles. The Hall–Kier alpha value is -0.700. The van der Waals surface area contributed by atoms with Crippen LogP contribution in [0.1, 0.15) is 65.2 Å². The van der Waals surface area contributed by atoms with E-state index in [0.29, 0.717) is 24.0 Å². The Kier molecular flexibility index (Phi) is 3.15. The molecule has 3 nitrogen and oxygen atoms in total. The Labute approximate surface area is 132 Å². The van der Waals surface area contributed by atoms with Crippen molar-refractivity contribution in [2.45, 2.75) is 71.3 Å². The lowest BCUT2D eigenvalue weighted by Gasteiger charge is -2.58. The van der Waals surface area contributed by atoms with Crippen LogP contribution in [0, 0.1) is 34.5 Å². The Morgan fingerprint density at radius 3 is 2.59 bits per heavy atom. The summed E-state index contributed by atoms with van der Waals surface area (Å²) in [5.74, 6) is 1.27. The molecule has 4 fully saturated rings. The van der Waals surface area contributed by atoms with Gasteiger partial charge in [0.25, 0.3) is 0 Å². The number of rotatable bonds is 0. The van der Waals surface area contributed by atoms with E-state index >= 15 is 0 Å². The van der Waals surface area contributed by atoms with Gasteiger partial charge in [-0.3, -0.25) is 9.59 Å². The third-order valence-corrected chi connectivity index (χ3v) is 8.09. The molecule has 4 aliphatic rings. The van der Waals surface area contributed by atoms with Crippen LogP contribution >= 0.6 is 0 Å². The van der Waals surface area contributed by atoms with E-state index in [1.165, 1.54) is 25.7 Å². The number of carbonyl (C=O) groups excluding carboxylic acids is 2. The van der Waals surface area contributed by atoms with E-state index in [9.17, 15) is 14.7 Å². The number of carbonyl (C=O) groups is 2. The summed E-state index contributed by atoms with van der Waals surface area (Å²) in [5, 5.41) is 10.5. The van der Waals surface area contributed by atoms with Gasteiger partial charge in [0.2, 0.25) is 0 Å². The van der Waals surface area contributed by atoms with Gasteiger partial charge in [0.05, 0.1) is 6.10 Å². The quantitative estimate of drug-likeness (QED) is 0.748. The molecule has 0 heterocycles. The lowest BCUT2D eigenvalue weighted by Crippen LogP contribution is -2.57. The number of hydrogen-bond donors (Lipinski definition) is 1. The topological polar surface area (TPSA) is 54.4 Å². The van der Waals surface area contributed by atoms with Crippen molar-refractivity contribution >= 4 is 11.6 Å². The number of aliphatic hydroxyl groups excluding tert-OH is 1. The molecule has 0 spiro atoms. The van der Waals surface area contributed by atoms with E-state index in [4.69, 9.17) is 0 Å². The molecule has 0 bridgehead atoms. The summed E-state index contributed by atoms with van der Waals surface area (Å²) in [6.45, 7) is 4.40. The summed E-state index contributed by atoms with van der Waals surface area (Å²) in [4.78, 5) is 25.4. The van der Waals surface area contributed by atoms with Crippen molar-refractivity contribution in [3.8, 4) is 0 Å². The van der Waals surface area contributed by atoms with Gasteiger partial charge in [-0.15, -0.1) is 0 Å². The molecule has 122 valence electrons. The Morgan fingerprint density at radius 1 is 1.05 bits per heavy atom. The van der Waals surface area contributed by atoms with Crippen molar-refractivity contribution in [2.75, 3.05) is 0 Å². The lowest BCUT2D eigenvalue weighted by molar-refractivity contribution is -0.161. The first kappa shape index (κ1) is 14.9. The van der Waals surface area contributed by atoms with Gasteiger partial charge in [-0.25, -0.2) is 0 Å². The standard InChI is InChI=1S/C19H28O3/c1-18-7-4-3-5-11(18)9-13(20)16-12(18)6-8-19(2)15(22)10-14(21)17(16)19/h11-12,14,16-17,21H,3-10H2,1-2H3/t11-,12+,14?,16+,17+,18+,19-/m1/s1. The van der Waals surface area contributed by atoms with Gasteiger partial charge in [-0.1, -0.05) is 26.7 Å². The van der Waals surface area contributed by atoms with Crippen LogP contribution in [0.4, 0.5) is 0 Å². The highest BCUT2D eigenvalue weighted by Crippen LogP contribution is 2.64. The highest BCUT2D eigenvalue weighted by molar-refractivity contribution is 5.91. The van der Waals surface area contributed by atoms with Crippen LogP contribution in [0.3, 0.4) is 0 Å². The van der Waals surface area contributed by atoms with Crippen LogP contribution in [-0.2, 0) is 9.59 Å². The molecular weight excluding hydrogens is 276 g/mol. The Balaban J connectivity index is 1.75. The molecule has 4 saturated carbocycles. The molecule has 0 aromatic carbocycles. The largest absolute Gasteiger partial charge is 0.392 e. The number of ketones is 2. The summed E-state index contributed by atoms with van der Waals surface area (Å²) < 4.78 is 0. The summed E-state index contributed by atoms with van der Waals surface area (Å²) >= 11 is 0. The second kappa shape index (κ2) is 4.66. The molecule has 0 amide bonds. The van der Waals surface area contributed by atoms with Crippen LogP contribution in [0.5, 0.6) is 0 Å². The highest BCUT2D eigenvalue weighted by atomic mass is 16.3. The highest BCUT2D eigenvalue weighted by Gasteiger charge is 2.64. The molecule has 0 saturated heterocycles. The second-order valence-electron chi connectivity index (χ2n) is 8.93. The molecule has 1 unspecified atom stereocenters. The lowest BCUT2D eigenvalue weighted by atomic mass is 9.45. The van der Waals surface area contributed by atoms with Gasteiger partial charge in [0.1, 0.15) is 11.6 Å². The van der Waals surface area contributed by atoms with Crippen LogP contribution in [-0.4, -0.2) is 22.8 Å². The third kappa shape index (κ3) is 1.72. The molecule has 4 rings (SSSR count). The van der Waals surface area contributed by atoms with Gasteiger partial charge in [0.15, 0.2) is 0 Å². The maximum absolute atomic E-state index is 12.9. The van der Waals surface area contributed by atoms with Crippen LogP contribution < -0.4 is 0 Å². The van der Waals surface area contributed by atoms with Gasteiger partial charge >= 0.3 is 0 Å². The predicted molar refractivity (Wildman–Crippen MR) is 83.1 cm³/mol. The SMILES string of the molecule is C[C@]12CCCC[C@@H]1CC(=O)[C@@H]1[C@@H]2CC[C@]2(C)C(=O)CC(O)[C@@H]12. The summed E-state index contributed by atoms with van der Waals surface area (Å²) in [6, 6.07) is 0. The van der Waals surface area contributed by atoms with Crippen LogP contribution in [0.15, 0.2) is 0 Å². The van der Waals surface area contributed by atoms with E-state index in [-0.39, 0.29) is 29.5 Å². The van der Waals surface area contributed by atoms with E-state index in [2.05, 4.69) is 6.92 Å². The minimum atomic E-state index is -0.599. The first-order valence-corrected chi connectivity index (χ1v) is 9.12. The summed E-state index contributed by atoms with van der Waals surface area (Å²) in [7, 11) is 0. The Morgan fingerprint density at radius 2 is 1.82 bits per heavy atom. The first-order valence-electron chi connectivity index (χ1n) is 9.12. The minimum Gasteiger partial charge on any atom is -0.392 e. The van der Waals surface area contributed by atoms with Crippen molar-refractivity contribution < 1.29 is 14.7 Å². The molecule has 0 aromatic heterocycles. The molecule has 0 radical (unpaired) electrons. The predicted octanol–water partition coefficient (Wildman–Crippen LogP) is 3.14. The van der Waals surface area contributed by atoms with E-state index in [1.807, 2.05) is 6.92 Å². The average Bonchev–Trinajstić information content (AvgIpc) is 2.70. The van der Waals surface area contributed by atoms with Crippen LogP contribution in [0.25, 0.3) is 0 Å². The van der Waals surface area contributed by atoms with Gasteiger partial charge in [-0.2, -0.15) is 0 Å². The fraction of sp³-hybridized carbons (Fsp3) is 0.895. The number of Topliss-reactive ketones (excluding diaryl/α,β-unsaturated/α-hetero) is 2. The van der Waals surface area contributed by atoms with E-state index < -0.39 is 11.5 Å². The molecular formula is C19H28O3. The van der Waals surface area contributed by atoms with Crippen LogP contribution in [0.2, 0.25) is 0 Å².